The molecule has 0 unspecified atom stereocenters. The fraction of sp³-hybridized carbons (Fsp3) is 0.0833. The zero-order valence-corrected chi connectivity index (χ0v) is 13.4. The summed E-state index contributed by atoms with van der Waals surface area (Å²) in [5.74, 6) is -1.78. The molecule has 1 nitrogen and oxygen atoms in total. The van der Waals surface area contributed by atoms with Crippen LogP contribution in [-0.2, 0) is 6.18 Å². The fourth-order valence-electron chi connectivity index (χ4n) is 1.47. The van der Waals surface area contributed by atoms with Crippen LogP contribution in [-0.4, -0.2) is 5.78 Å². The van der Waals surface area contributed by atoms with Crippen LogP contribution in [0.2, 0.25) is 0 Å². The highest BCUT2D eigenvalue weighted by atomic mass is 79.9. The van der Waals surface area contributed by atoms with E-state index in [9.17, 15) is 22.4 Å². The van der Waals surface area contributed by atoms with Gasteiger partial charge < -0.3 is 0 Å². The van der Waals surface area contributed by atoms with Gasteiger partial charge >= 0.3 is 6.18 Å². The standard InChI is InChI=1S/C12H4Br2F4OS/c13-7-4-20-11(9(7)14)10(19)6-3-5(12(16,17)18)1-2-8(6)15/h1-4H. The van der Waals surface area contributed by atoms with Gasteiger partial charge in [0.15, 0.2) is 0 Å². The molecular formula is C12H4Br2F4OS. The fourth-order valence-corrected chi connectivity index (χ4v) is 3.58. The molecule has 0 saturated heterocycles. The van der Waals surface area contributed by atoms with Crippen molar-refractivity contribution in [1.82, 2.24) is 0 Å². The van der Waals surface area contributed by atoms with Gasteiger partial charge in [0.1, 0.15) is 5.82 Å². The number of carbonyl (C=O) groups is 1. The molecule has 0 aliphatic rings. The number of benzene rings is 1. The number of thiophene rings is 1. The summed E-state index contributed by atoms with van der Waals surface area (Å²) >= 11 is 7.30. The molecule has 0 N–H and O–H groups in total. The molecule has 1 aromatic carbocycles. The van der Waals surface area contributed by atoms with Crippen molar-refractivity contribution < 1.29 is 22.4 Å². The predicted octanol–water partition coefficient (Wildman–Crippen LogP) is 5.66. The summed E-state index contributed by atoms with van der Waals surface area (Å²) in [4.78, 5) is 12.3. The van der Waals surface area contributed by atoms with Crippen LogP contribution in [0.3, 0.4) is 0 Å². The lowest BCUT2D eigenvalue weighted by molar-refractivity contribution is -0.137. The van der Waals surface area contributed by atoms with Gasteiger partial charge in [-0.25, -0.2) is 4.39 Å². The smallest absolute Gasteiger partial charge is 0.288 e. The number of rotatable bonds is 2. The third-order valence-electron chi connectivity index (χ3n) is 2.43. The Bertz CT molecular complexity index is 679. The lowest BCUT2D eigenvalue weighted by Crippen LogP contribution is -2.09. The van der Waals surface area contributed by atoms with Crippen LogP contribution >= 0.6 is 43.2 Å². The van der Waals surface area contributed by atoms with Crippen molar-refractivity contribution in [2.45, 2.75) is 6.18 Å². The van der Waals surface area contributed by atoms with E-state index in [1.165, 1.54) is 0 Å². The minimum atomic E-state index is -4.63. The first-order valence-electron chi connectivity index (χ1n) is 5.05. The third-order valence-corrected chi connectivity index (χ3v) is 5.96. The number of halogens is 6. The zero-order chi connectivity index (χ0) is 15.1. The van der Waals surface area contributed by atoms with E-state index in [0.29, 0.717) is 27.1 Å². The summed E-state index contributed by atoms with van der Waals surface area (Å²) in [5.41, 5.74) is -1.66. The Morgan fingerprint density at radius 2 is 1.85 bits per heavy atom. The molecule has 0 atom stereocenters. The number of alkyl halides is 3. The van der Waals surface area contributed by atoms with Gasteiger partial charge in [0.05, 0.1) is 20.5 Å². The van der Waals surface area contributed by atoms with E-state index in [1.54, 1.807) is 5.38 Å². The maximum atomic E-state index is 13.6. The van der Waals surface area contributed by atoms with Gasteiger partial charge in [0, 0.05) is 9.85 Å². The van der Waals surface area contributed by atoms with E-state index in [2.05, 4.69) is 31.9 Å². The van der Waals surface area contributed by atoms with Crippen LogP contribution in [0.15, 0.2) is 32.5 Å². The second kappa shape index (κ2) is 5.57. The van der Waals surface area contributed by atoms with Gasteiger partial charge in [-0.3, -0.25) is 4.79 Å². The monoisotopic (exact) mass is 430 g/mol. The highest BCUT2D eigenvalue weighted by Gasteiger charge is 2.32. The topological polar surface area (TPSA) is 17.1 Å². The van der Waals surface area contributed by atoms with E-state index in [0.717, 1.165) is 11.3 Å². The van der Waals surface area contributed by atoms with Gasteiger partial charge in [0.2, 0.25) is 5.78 Å². The molecule has 0 fully saturated rings. The molecule has 2 aromatic rings. The number of ketones is 1. The summed E-state index contributed by atoms with van der Waals surface area (Å²) in [6.07, 6.45) is -4.63. The number of hydrogen-bond donors (Lipinski definition) is 0. The van der Waals surface area contributed by atoms with Crippen molar-refractivity contribution in [3.8, 4) is 0 Å². The molecule has 0 aliphatic carbocycles. The van der Waals surface area contributed by atoms with Crippen molar-refractivity contribution in [3.05, 3.63) is 54.3 Å². The van der Waals surface area contributed by atoms with Crippen LogP contribution in [0.1, 0.15) is 20.8 Å². The molecule has 0 aliphatic heterocycles. The molecule has 2 rings (SSSR count). The Morgan fingerprint density at radius 1 is 1.20 bits per heavy atom. The minimum absolute atomic E-state index is 0.134. The van der Waals surface area contributed by atoms with E-state index < -0.39 is 28.9 Å². The highest BCUT2D eigenvalue weighted by molar-refractivity contribution is 9.13. The third kappa shape index (κ3) is 2.96. The first kappa shape index (κ1) is 15.7. The minimum Gasteiger partial charge on any atom is -0.288 e. The van der Waals surface area contributed by atoms with E-state index in [1.807, 2.05) is 0 Å². The van der Waals surface area contributed by atoms with Crippen molar-refractivity contribution >= 4 is 49.0 Å². The van der Waals surface area contributed by atoms with Crippen molar-refractivity contribution in [3.63, 3.8) is 0 Å². The molecule has 8 heteroatoms. The van der Waals surface area contributed by atoms with E-state index in [-0.39, 0.29) is 4.88 Å². The van der Waals surface area contributed by atoms with Crippen molar-refractivity contribution in [1.29, 1.82) is 0 Å². The highest BCUT2D eigenvalue weighted by Crippen LogP contribution is 2.36. The van der Waals surface area contributed by atoms with Crippen molar-refractivity contribution in [2.75, 3.05) is 0 Å². The van der Waals surface area contributed by atoms with Crippen LogP contribution in [0.25, 0.3) is 0 Å². The van der Waals surface area contributed by atoms with Gasteiger partial charge in [-0.15, -0.1) is 11.3 Å². The van der Waals surface area contributed by atoms with Crippen LogP contribution < -0.4 is 0 Å². The maximum absolute atomic E-state index is 13.6. The normalized spacial score (nSPS) is 11.7. The second-order valence-corrected chi connectivity index (χ2v) is 6.28. The first-order valence-corrected chi connectivity index (χ1v) is 7.52. The molecule has 0 amide bonds. The Balaban J connectivity index is 2.52. The number of hydrogen-bond acceptors (Lipinski definition) is 2. The van der Waals surface area contributed by atoms with Crippen LogP contribution in [0, 0.1) is 5.82 Å². The molecule has 0 bridgehead atoms. The Labute approximate surface area is 131 Å². The van der Waals surface area contributed by atoms with E-state index >= 15 is 0 Å². The predicted molar refractivity (Wildman–Crippen MR) is 74.6 cm³/mol. The zero-order valence-electron chi connectivity index (χ0n) is 9.39. The van der Waals surface area contributed by atoms with Crippen LogP contribution in [0.4, 0.5) is 17.6 Å². The lowest BCUT2D eigenvalue weighted by Gasteiger charge is -2.09. The molecule has 1 heterocycles. The molecule has 1 aromatic heterocycles. The number of carbonyl (C=O) groups excluding carboxylic acids is 1. The molecule has 0 saturated carbocycles. The van der Waals surface area contributed by atoms with Gasteiger partial charge in [-0.1, -0.05) is 0 Å². The van der Waals surface area contributed by atoms with Crippen LogP contribution in [0.5, 0.6) is 0 Å². The lowest BCUT2D eigenvalue weighted by atomic mass is 10.1. The van der Waals surface area contributed by atoms with Crippen molar-refractivity contribution in [2.24, 2.45) is 0 Å². The molecule has 0 radical (unpaired) electrons. The van der Waals surface area contributed by atoms with Gasteiger partial charge in [0.25, 0.3) is 0 Å². The Kier molecular flexibility index (Phi) is 4.36. The summed E-state index contributed by atoms with van der Waals surface area (Å²) in [6, 6.07) is 1.77. The Morgan fingerprint density at radius 3 is 2.35 bits per heavy atom. The van der Waals surface area contributed by atoms with Gasteiger partial charge in [-0.2, -0.15) is 13.2 Å². The average Bonchev–Trinajstić information content (AvgIpc) is 2.68. The quantitative estimate of drug-likeness (QED) is 0.442. The summed E-state index contributed by atoms with van der Waals surface area (Å²) in [6.45, 7) is 0. The average molecular weight is 432 g/mol. The van der Waals surface area contributed by atoms with Gasteiger partial charge in [-0.05, 0) is 50.1 Å². The SMILES string of the molecule is O=C(c1cc(C(F)(F)F)ccc1F)c1scc(Br)c1Br. The summed E-state index contributed by atoms with van der Waals surface area (Å²) < 4.78 is 52.4. The first-order chi connectivity index (χ1) is 9.21. The molecule has 0 spiro atoms. The molecule has 20 heavy (non-hydrogen) atoms. The summed E-state index contributed by atoms with van der Waals surface area (Å²) in [5, 5.41) is 1.59. The van der Waals surface area contributed by atoms with E-state index in [4.69, 9.17) is 0 Å². The Hall–Kier alpha value is -0.730. The molecular weight excluding hydrogens is 428 g/mol. The second-order valence-electron chi connectivity index (χ2n) is 3.75. The molecule has 106 valence electrons. The largest absolute Gasteiger partial charge is 0.416 e. The maximum Gasteiger partial charge on any atom is 0.416 e. The summed E-state index contributed by atoms with van der Waals surface area (Å²) in [7, 11) is 0.